The minimum Gasteiger partial charge on any atom is -0.355 e. The molecule has 64 valence electrons. The standard InChI is InChI=1S/C7H6Cl2N2O/c1-10-7(12)4-3-11-6(9)2-5(4)8/h2-3H,1H3,(H,10,12)/i1D. The fraction of sp³-hybridized carbons (Fsp3) is 0.143. The monoisotopic (exact) mass is 205 g/mol. The molecular weight excluding hydrogens is 199 g/mol. The van der Waals surface area contributed by atoms with E-state index in [2.05, 4.69) is 10.3 Å². The van der Waals surface area contributed by atoms with E-state index in [1.54, 1.807) is 0 Å². The van der Waals surface area contributed by atoms with Crippen LogP contribution in [-0.2, 0) is 0 Å². The van der Waals surface area contributed by atoms with Crippen LogP contribution in [0.1, 0.15) is 11.7 Å². The summed E-state index contributed by atoms with van der Waals surface area (Å²) < 4.78 is 6.77. The van der Waals surface area contributed by atoms with Gasteiger partial charge in [-0.25, -0.2) is 4.98 Å². The first-order chi connectivity index (χ1) is 6.15. The molecule has 1 heterocycles. The first-order valence-electron chi connectivity index (χ1n) is 3.74. The molecule has 0 saturated carbocycles. The Hall–Kier alpha value is -0.800. The lowest BCUT2D eigenvalue weighted by atomic mass is 10.3. The number of rotatable bonds is 1. The van der Waals surface area contributed by atoms with Gasteiger partial charge in [-0.3, -0.25) is 4.79 Å². The lowest BCUT2D eigenvalue weighted by molar-refractivity contribution is 0.0963. The third kappa shape index (κ3) is 1.87. The van der Waals surface area contributed by atoms with Crippen LogP contribution in [0.25, 0.3) is 0 Å². The Morgan fingerprint density at radius 1 is 1.75 bits per heavy atom. The number of carbonyl (C=O) groups is 1. The van der Waals surface area contributed by atoms with Crippen LogP contribution < -0.4 is 5.32 Å². The molecule has 1 aromatic heterocycles. The largest absolute Gasteiger partial charge is 0.355 e. The van der Waals surface area contributed by atoms with Crippen molar-refractivity contribution in [1.29, 1.82) is 0 Å². The van der Waals surface area contributed by atoms with Crippen molar-refractivity contribution in [2.75, 3.05) is 7.02 Å². The van der Waals surface area contributed by atoms with Crippen LogP contribution in [0.2, 0.25) is 10.2 Å². The van der Waals surface area contributed by atoms with Crippen molar-refractivity contribution >= 4 is 29.1 Å². The van der Waals surface area contributed by atoms with E-state index >= 15 is 0 Å². The van der Waals surface area contributed by atoms with Gasteiger partial charge in [0.1, 0.15) is 5.15 Å². The molecule has 5 heteroatoms. The Labute approximate surface area is 81.1 Å². The number of hydrogen-bond acceptors (Lipinski definition) is 2. The predicted molar refractivity (Wildman–Crippen MR) is 47.6 cm³/mol. The van der Waals surface area contributed by atoms with Crippen LogP contribution in [0.5, 0.6) is 0 Å². The fourth-order valence-corrected chi connectivity index (χ4v) is 1.12. The Kier molecular flexibility index (Phi) is 2.44. The molecule has 0 aliphatic carbocycles. The van der Waals surface area contributed by atoms with E-state index in [1.165, 1.54) is 12.3 Å². The lowest BCUT2D eigenvalue weighted by Crippen LogP contribution is -2.18. The fourth-order valence-electron chi connectivity index (χ4n) is 0.670. The second-order valence-corrected chi connectivity index (χ2v) is 2.79. The predicted octanol–water partition coefficient (Wildman–Crippen LogP) is 1.75. The topological polar surface area (TPSA) is 42.0 Å². The summed E-state index contributed by atoms with van der Waals surface area (Å²) in [5.74, 6) is -0.427. The van der Waals surface area contributed by atoms with E-state index in [4.69, 9.17) is 24.6 Å². The van der Waals surface area contributed by atoms with Gasteiger partial charge in [-0.2, -0.15) is 0 Å². The molecule has 12 heavy (non-hydrogen) atoms. The van der Waals surface area contributed by atoms with Crippen LogP contribution >= 0.6 is 23.2 Å². The molecule has 1 aromatic rings. The zero-order valence-corrected chi connectivity index (χ0v) is 7.49. The highest BCUT2D eigenvalue weighted by atomic mass is 35.5. The highest BCUT2D eigenvalue weighted by Crippen LogP contribution is 2.17. The van der Waals surface area contributed by atoms with E-state index in [0.29, 0.717) is 0 Å². The molecule has 0 aromatic carbocycles. The number of nitrogens with zero attached hydrogens (tertiary/aromatic N) is 1. The summed E-state index contributed by atoms with van der Waals surface area (Å²) in [4.78, 5) is 14.9. The van der Waals surface area contributed by atoms with Gasteiger partial charge in [0.25, 0.3) is 5.91 Å². The minimum absolute atomic E-state index is 0.197. The molecule has 1 N–H and O–H groups in total. The highest BCUT2D eigenvalue weighted by molar-refractivity contribution is 6.36. The Balaban J connectivity index is 2.95. The zero-order valence-electron chi connectivity index (χ0n) is 6.97. The van der Waals surface area contributed by atoms with Crippen molar-refractivity contribution in [3.8, 4) is 0 Å². The van der Waals surface area contributed by atoms with Gasteiger partial charge >= 0.3 is 0 Å². The normalized spacial score (nSPS) is 10.7. The molecule has 0 fully saturated rings. The smallest absolute Gasteiger partial charge is 0.254 e. The van der Waals surface area contributed by atoms with Gasteiger partial charge in [0.05, 0.1) is 10.6 Å². The molecule has 0 bridgehead atoms. The molecule has 1 amide bonds. The van der Waals surface area contributed by atoms with Gasteiger partial charge in [-0.1, -0.05) is 23.2 Å². The minimum atomic E-state index is -0.427. The van der Waals surface area contributed by atoms with Gasteiger partial charge in [-0.15, -0.1) is 0 Å². The van der Waals surface area contributed by atoms with Crippen LogP contribution in [-0.4, -0.2) is 17.9 Å². The first kappa shape index (κ1) is 7.83. The Morgan fingerprint density at radius 2 is 2.50 bits per heavy atom. The third-order valence-corrected chi connectivity index (χ3v) is 1.74. The van der Waals surface area contributed by atoms with Crippen molar-refractivity contribution in [3.63, 3.8) is 0 Å². The molecular formula is C7H6Cl2N2O. The maximum absolute atomic E-state index is 11.2. The molecule has 0 aliphatic rings. The van der Waals surface area contributed by atoms with E-state index < -0.39 is 5.91 Å². The number of carbonyl (C=O) groups excluding carboxylic acids is 1. The van der Waals surface area contributed by atoms with Crippen molar-refractivity contribution in [1.82, 2.24) is 10.3 Å². The van der Waals surface area contributed by atoms with Crippen molar-refractivity contribution in [2.24, 2.45) is 0 Å². The highest BCUT2D eigenvalue weighted by Gasteiger charge is 2.08. The number of amides is 1. The third-order valence-electron chi connectivity index (χ3n) is 1.23. The van der Waals surface area contributed by atoms with Crippen molar-refractivity contribution in [2.45, 2.75) is 0 Å². The number of pyridine rings is 1. The molecule has 0 radical (unpaired) electrons. The summed E-state index contributed by atoms with van der Waals surface area (Å²) in [6.45, 7) is 0. The second-order valence-electron chi connectivity index (χ2n) is 1.99. The van der Waals surface area contributed by atoms with E-state index in [0.717, 1.165) is 0 Å². The molecule has 0 unspecified atom stereocenters. The molecule has 0 spiro atoms. The summed E-state index contributed by atoms with van der Waals surface area (Å²) in [7, 11) is -0.197. The summed E-state index contributed by atoms with van der Waals surface area (Å²) in [5.41, 5.74) is 0.221. The zero-order chi connectivity index (χ0) is 9.84. The summed E-state index contributed by atoms with van der Waals surface area (Å²) >= 11 is 11.2. The van der Waals surface area contributed by atoms with Crippen molar-refractivity contribution < 1.29 is 6.17 Å². The Morgan fingerprint density at radius 3 is 3.08 bits per heavy atom. The second kappa shape index (κ2) is 3.74. The van der Waals surface area contributed by atoms with Crippen LogP contribution in [0.4, 0.5) is 0 Å². The Bertz CT molecular complexity index is 332. The van der Waals surface area contributed by atoms with E-state index in [1.807, 2.05) is 0 Å². The molecule has 0 saturated heterocycles. The first-order valence-corrected chi connectivity index (χ1v) is 3.79. The summed E-state index contributed by atoms with van der Waals surface area (Å²) in [5, 5.41) is 2.74. The molecule has 0 aliphatic heterocycles. The van der Waals surface area contributed by atoms with Gasteiger partial charge in [-0.05, 0) is 6.07 Å². The summed E-state index contributed by atoms with van der Waals surface area (Å²) in [6.07, 6.45) is 1.27. The number of aromatic nitrogens is 1. The van der Waals surface area contributed by atoms with Gasteiger partial charge in [0.2, 0.25) is 0 Å². The number of halogens is 2. The van der Waals surface area contributed by atoms with Crippen LogP contribution in [0.3, 0.4) is 0 Å². The number of hydrogen-bond donors (Lipinski definition) is 1. The van der Waals surface area contributed by atoms with E-state index in [-0.39, 0.29) is 22.8 Å². The SMILES string of the molecule is [2H]CNC(=O)c1cnc(Cl)cc1Cl. The van der Waals surface area contributed by atoms with Crippen molar-refractivity contribution in [3.05, 3.63) is 28.0 Å². The average Bonchev–Trinajstić information content (AvgIpc) is 2.04. The van der Waals surface area contributed by atoms with Gasteiger partial charge in [0, 0.05) is 14.6 Å². The van der Waals surface area contributed by atoms with Crippen LogP contribution in [0, 0.1) is 0 Å². The quantitative estimate of drug-likeness (QED) is 0.711. The molecule has 3 nitrogen and oxygen atoms in total. The maximum atomic E-state index is 11.2. The van der Waals surface area contributed by atoms with E-state index in [9.17, 15) is 4.79 Å². The summed E-state index contributed by atoms with van der Waals surface area (Å²) in [6, 6.07) is 1.38. The van der Waals surface area contributed by atoms with Gasteiger partial charge in [0.15, 0.2) is 0 Å². The van der Waals surface area contributed by atoms with Crippen LogP contribution in [0.15, 0.2) is 12.3 Å². The maximum Gasteiger partial charge on any atom is 0.254 e. The molecule has 1 rings (SSSR count). The lowest BCUT2D eigenvalue weighted by Gasteiger charge is -2.00. The average molecular weight is 206 g/mol. The molecule has 0 atom stereocenters. The van der Waals surface area contributed by atoms with Gasteiger partial charge < -0.3 is 5.32 Å². The number of nitrogens with one attached hydrogen (secondary N) is 1.